The lowest BCUT2D eigenvalue weighted by Gasteiger charge is -2.04. The summed E-state index contributed by atoms with van der Waals surface area (Å²) in [5, 5.41) is 0.388. The summed E-state index contributed by atoms with van der Waals surface area (Å²) in [5.74, 6) is -0.288. The summed E-state index contributed by atoms with van der Waals surface area (Å²) in [6.45, 7) is 0. The molecule has 0 aliphatic carbocycles. The van der Waals surface area contributed by atoms with Gasteiger partial charge in [0, 0.05) is 14.9 Å². The zero-order chi connectivity index (χ0) is 13.8. The number of hydrogen-bond acceptors (Lipinski definition) is 2. The molecule has 2 aromatic carbocycles. The van der Waals surface area contributed by atoms with Crippen LogP contribution in [0.15, 0.2) is 57.9 Å². The average Bonchev–Trinajstić information content (AvgIpc) is 2.39. The monoisotopic (exact) mass is 356 g/mol. The number of halogens is 2. The summed E-state index contributed by atoms with van der Waals surface area (Å²) >= 11 is 9.26. The van der Waals surface area contributed by atoms with Gasteiger partial charge in [-0.25, -0.2) is 0 Å². The Morgan fingerprint density at radius 3 is 2.58 bits per heavy atom. The molecule has 0 heterocycles. The van der Waals surface area contributed by atoms with Gasteiger partial charge in [0.15, 0.2) is 5.78 Å². The van der Waals surface area contributed by atoms with Gasteiger partial charge in [-0.1, -0.05) is 45.7 Å². The van der Waals surface area contributed by atoms with Crippen molar-refractivity contribution in [1.29, 1.82) is 0 Å². The van der Waals surface area contributed by atoms with Gasteiger partial charge in [0.05, 0.1) is 21.6 Å². The minimum absolute atomic E-state index is 0.0693. The highest BCUT2D eigenvalue weighted by Crippen LogP contribution is 2.18. The maximum absolute atomic E-state index is 12.1. The molecule has 0 bridgehead atoms. The molecule has 19 heavy (non-hydrogen) atoms. The zero-order valence-corrected chi connectivity index (χ0v) is 13.0. The molecule has 2 aromatic rings. The summed E-state index contributed by atoms with van der Waals surface area (Å²) in [6.07, 6.45) is 0. The van der Waals surface area contributed by atoms with E-state index in [0.29, 0.717) is 15.5 Å². The molecule has 0 radical (unpaired) electrons. The third-order valence-electron chi connectivity index (χ3n) is 2.50. The first-order chi connectivity index (χ1) is 9.08. The number of carbonyl (C=O) groups is 1. The normalized spacial score (nSPS) is 12.1. The molecule has 0 aliphatic heterocycles. The fraction of sp³-hybridized carbons (Fsp3) is 0.0714. The van der Waals surface area contributed by atoms with Crippen molar-refractivity contribution < 1.29 is 9.00 Å². The molecule has 2 rings (SSSR count). The van der Waals surface area contributed by atoms with Crippen LogP contribution in [0.5, 0.6) is 0 Å². The van der Waals surface area contributed by atoms with Crippen LogP contribution in [0.3, 0.4) is 0 Å². The van der Waals surface area contributed by atoms with Gasteiger partial charge in [-0.3, -0.25) is 9.00 Å². The van der Waals surface area contributed by atoms with Crippen molar-refractivity contribution in [3.63, 3.8) is 0 Å². The largest absolute Gasteiger partial charge is 0.293 e. The van der Waals surface area contributed by atoms with E-state index in [2.05, 4.69) is 15.9 Å². The van der Waals surface area contributed by atoms with Crippen molar-refractivity contribution in [3.8, 4) is 0 Å². The second-order valence-corrected chi connectivity index (χ2v) is 6.62. The third-order valence-corrected chi connectivity index (χ3v) is 4.62. The number of Topliss-reactive ketones (excluding diaryl/α,β-unsaturated/α-hetero) is 1. The van der Waals surface area contributed by atoms with Crippen molar-refractivity contribution in [1.82, 2.24) is 0 Å². The van der Waals surface area contributed by atoms with Gasteiger partial charge < -0.3 is 0 Å². The molecule has 0 N–H and O–H groups in total. The van der Waals surface area contributed by atoms with Gasteiger partial charge in [-0.15, -0.1) is 0 Å². The first-order valence-corrected chi connectivity index (χ1v) is 7.98. The zero-order valence-electron chi connectivity index (χ0n) is 9.81. The van der Waals surface area contributed by atoms with Crippen LogP contribution in [0.4, 0.5) is 0 Å². The van der Waals surface area contributed by atoms with Gasteiger partial charge in [-0.2, -0.15) is 0 Å². The Morgan fingerprint density at radius 1 is 1.16 bits per heavy atom. The predicted octanol–water partition coefficient (Wildman–Crippen LogP) is 4.09. The number of rotatable bonds is 4. The molecule has 0 aromatic heterocycles. The lowest BCUT2D eigenvalue weighted by molar-refractivity contribution is 0.102. The maximum atomic E-state index is 12.1. The number of hydrogen-bond donors (Lipinski definition) is 0. The smallest absolute Gasteiger partial charge is 0.177 e. The van der Waals surface area contributed by atoms with Crippen LogP contribution >= 0.6 is 27.5 Å². The van der Waals surface area contributed by atoms with Crippen molar-refractivity contribution in [2.45, 2.75) is 4.90 Å². The highest BCUT2D eigenvalue weighted by molar-refractivity contribution is 9.10. The summed E-state index contributed by atoms with van der Waals surface area (Å²) in [4.78, 5) is 12.7. The van der Waals surface area contributed by atoms with Crippen LogP contribution < -0.4 is 0 Å². The van der Waals surface area contributed by atoms with E-state index in [4.69, 9.17) is 11.6 Å². The SMILES string of the molecule is O=C(CS(=O)c1cccc(Br)c1)c1ccccc1Cl. The van der Waals surface area contributed by atoms with Gasteiger partial charge in [0.2, 0.25) is 0 Å². The molecule has 0 aliphatic rings. The van der Waals surface area contributed by atoms with Crippen LogP contribution in [0.1, 0.15) is 10.4 Å². The van der Waals surface area contributed by atoms with E-state index in [9.17, 15) is 9.00 Å². The third kappa shape index (κ3) is 3.75. The molecule has 0 fully saturated rings. The second kappa shape index (κ2) is 6.46. The predicted molar refractivity (Wildman–Crippen MR) is 81.2 cm³/mol. The first-order valence-electron chi connectivity index (χ1n) is 5.49. The molecule has 0 amide bonds. The fourth-order valence-electron chi connectivity index (χ4n) is 1.58. The van der Waals surface area contributed by atoms with E-state index in [-0.39, 0.29) is 11.5 Å². The Balaban J connectivity index is 2.16. The molecule has 98 valence electrons. The van der Waals surface area contributed by atoms with Crippen LogP contribution in [-0.4, -0.2) is 15.7 Å². The molecule has 1 unspecified atom stereocenters. The molecule has 0 saturated carbocycles. The van der Waals surface area contributed by atoms with Gasteiger partial charge in [0.25, 0.3) is 0 Å². The Bertz CT molecular complexity index is 643. The topological polar surface area (TPSA) is 34.1 Å². The number of carbonyl (C=O) groups excluding carboxylic acids is 1. The van der Waals surface area contributed by atoms with Gasteiger partial charge in [0.1, 0.15) is 0 Å². The molecule has 1 atom stereocenters. The van der Waals surface area contributed by atoms with E-state index in [1.54, 1.807) is 42.5 Å². The van der Waals surface area contributed by atoms with Gasteiger partial charge in [-0.05, 0) is 30.3 Å². The Labute approximate surface area is 127 Å². The summed E-state index contributed by atoms with van der Waals surface area (Å²) < 4.78 is 13.0. The standard InChI is InChI=1S/C14H10BrClO2S/c15-10-4-3-5-11(8-10)19(18)9-14(17)12-6-1-2-7-13(12)16/h1-8H,9H2. The average molecular weight is 358 g/mol. The Hall–Kier alpha value is -0.970. The lowest BCUT2D eigenvalue weighted by atomic mass is 10.1. The van der Waals surface area contributed by atoms with E-state index >= 15 is 0 Å². The molecular formula is C14H10BrClO2S. The highest BCUT2D eigenvalue weighted by Gasteiger charge is 2.14. The van der Waals surface area contributed by atoms with E-state index in [0.717, 1.165) is 4.47 Å². The van der Waals surface area contributed by atoms with E-state index in [1.165, 1.54) is 0 Å². The first kappa shape index (κ1) is 14.4. The Kier molecular flexibility index (Phi) is 4.91. The van der Waals surface area contributed by atoms with Crippen molar-refractivity contribution >= 4 is 44.1 Å². The molecule has 2 nitrogen and oxygen atoms in total. The van der Waals surface area contributed by atoms with Crippen molar-refractivity contribution in [2.24, 2.45) is 0 Å². The summed E-state index contributed by atoms with van der Waals surface area (Å²) in [5.41, 5.74) is 0.410. The maximum Gasteiger partial charge on any atom is 0.177 e. The summed E-state index contributed by atoms with van der Waals surface area (Å²) in [7, 11) is -1.37. The highest BCUT2D eigenvalue weighted by atomic mass is 79.9. The van der Waals surface area contributed by atoms with Crippen LogP contribution in [-0.2, 0) is 10.8 Å². The fourth-order valence-corrected chi connectivity index (χ4v) is 3.42. The van der Waals surface area contributed by atoms with Crippen LogP contribution in [0, 0.1) is 0 Å². The molecule has 5 heteroatoms. The minimum atomic E-state index is -1.37. The molecule has 0 saturated heterocycles. The van der Waals surface area contributed by atoms with Crippen LogP contribution in [0.25, 0.3) is 0 Å². The number of benzene rings is 2. The second-order valence-electron chi connectivity index (χ2n) is 3.85. The van der Waals surface area contributed by atoms with Gasteiger partial charge >= 0.3 is 0 Å². The van der Waals surface area contributed by atoms with E-state index in [1.807, 2.05) is 6.07 Å². The molecular weight excluding hydrogens is 348 g/mol. The van der Waals surface area contributed by atoms with E-state index < -0.39 is 10.8 Å². The molecule has 0 spiro atoms. The minimum Gasteiger partial charge on any atom is -0.293 e. The lowest BCUT2D eigenvalue weighted by Crippen LogP contribution is -2.11. The van der Waals surface area contributed by atoms with Crippen molar-refractivity contribution in [2.75, 3.05) is 5.75 Å². The quantitative estimate of drug-likeness (QED) is 0.772. The Morgan fingerprint density at radius 2 is 1.89 bits per heavy atom. The number of ketones is 1. The van der Waals surface area contributed by atoms with Crippen LogP contribution in [0.2, 0.25) is 5.02 Å². The summed E-state index contributed by atoms with van der Waals surface area (Å²) in [6, 6.07) is 13.9. The van der Waals surface area contributed by atoms with Crippen molar-refractivity contribution in [3.05, 3.63) is 63.6 Å².